The van der Waals surface area contributed by atoms with Gasteiger partial charge in [0.05, 0.1) is 0 Å². The third-order valence-electron chi connectivity index (χ3n) is 2.31. The van der Waals surface area contributed by atoms with Crippen LogP contribution in [0.5, 0.6) is 11.5 Å². The number of carbonyl (C=O) groups is 1. The van der Waals surface area contributed by atoms with Crippen LogP contribution in [-0.4, -0.2) is 21.8 Å². The largest absolute Gasteiger partial charge is 0.508 e. The van der Waals surface area contributed by atoms with E-state index in [1.54, 1.807) is 6.92 Å². The zero-order valence-electron chi connectivity index (χ0n) is 8.73. The number of aromatic hydroxyl groups is 1. The van der Waals surface area contributed by atoms with E-state index in [0.717, 1.165) is 0 Å². The van der Waals surface area contributed by atoms with Crippen LogP contribution in [0.1, 0.15) is 20.3 Å². The van der Waals surface area contributed by atoms with Crippen LogP contribution in [0.25, 0.3) is 0 Å². The van der Waals surface area contributed by atoms with E-state index in [2.05, 4.69) is 0 Å². The van der Waals surface area contributed by atoms with Crippen molar-refractivity contribution in [2.75, 3.05) is 0 Å². The van der Waals surface area contributed by atoms with E-state index in [4.69, 9.17) is 14.9 Å². The van der Waals surface area contributed by atoms with Gasteiger partial charge >= 0.3 is 5.97 Å². The lowest BCUT2D eigenvalue weighted by Gasteiger charge is -2.24. The van der Waals surface area contributed by atoms with Gasteiger partial charge in [-0.3, -0.25) is 0 Å². The molecule has 0 aliphatic rings. The van der Waals surface area contributed by atoms with Crippen LogP contribution in [0.2, 0.25) is 0 Å². The fraction of sp³-hybridized carbons (Fsp3) is 0.364. The average Bonchev–Trinajstić information content (AvgIpc) is 2.21. The van der Waals surface area contributed by atoms with Crippen molar-refractivity contribution >= 4 is 5.97 Å². The van der Waals surface area contributed by atoms with E-state index >= 15 is 0 Å². The molecule has 4 nitrogen and oxygen atoms in total. The van der Waals surface area contributed by atoms with Crippen molar-refractivity contribution in [2.24, 2.45) is 0 Å². The second-order valence-electron chi connectivity index (χ2n) is 3.49. The molecule has 0 saturated carbocycles. The van der Waals surface area contributed by atoms with Gasteiger partial charge in [0.15, 0.2) is 0 Å². The molecule has 82 valence electrons. The Balaban J connectivity index is 2.84. The molecule has 0 radical (unpaired) electrons. The van der Waals surface area contributed by atoms with Crippen molar-refractivity contribution in [3.63, 3.8) is 0 Å². The SMILES string of the molecule is CC[C@](C)(Oc1ccc(O)cc1)C(=O)O. The highest BCUT2D eigenvalue weighted by atomic mass is 16.5. The predicted octanol–water partition coefficient (Wildman–Crippen LogP) is 2.02. The molecule has 1 aromatic carbocycles. The van der Waals surface area contributed by atoms with Gasteiger partial charge in [0.2, 0.25) is 5.60 Å². The Labute approximate surface area is 88.1 Å². The number of hydrogen-bond acceptors (Lipinski definition) is 3. The Bertz CT molecular complexity index is 344. The summed E-state index contributed by atoms with van der Waals surface area (Å²) in [5.41, 5.74) is -1.23. The van der Waals surface area contributed by atoms with E-state index in [1.807, 2.05) is 0 Å². The fourth-order valence-corrected chi connectivity index (χ4v) is 1.04. The summed E-state index contributed by atoms with van der Waals surface area (Å²) >= 11 is 0. The van der Waals surface area contributed by atoms with Crippen molar-refractivity contribution in [1.29, 1.82) is 0 Å². The normalized spacial score (nSPS) is 14.3. The number of ether oxygens (including phenoxy) is 1. The molecule has 1 aromatic rings. The summed E-state index contributed by atoms with van der Waals surface area (Å²) < 4.78 is 5.36. The van der Waals surface area contributed by atoms with Crippen LogP contribution in [0.3, 0.4) is 0 Å². The standard InChI is InChI=1S/C11H14O4/c1-3-11(2,10(13)14)15-9-6-4-8(12)5-7-9/h4-7,12H,3H2,1-2H3,(H,13,14)/t11-/m0/s1. The highest BCUT2D eigenvalue weighted by Crippen LogP contribution is 2.23. The molecule has 0 aliphatic carbocycles. The Morgan fingerprint density at radius 3 is 2.33 bits per heavy atom. The van der Waals surface area contributed by atoms with Gasteiger partial charge in [0, 0.05) is 0 Å². The molecule has 0 aromatic heterocycles. The lowest BCUT2D eigenvalue weighted by Crippen LogP contribution is -2.40. The zero-order chi connectivity index (χ0) is 11.5. The minimum atomic E-state index is -1.23. The summed E-state index contributed by atoms with van der Waals surface area (Å²) in [4.78, 5) is 10.9. The molecule has 0 spiro atoms. The Morgan fingerprint density at radius 2 is 1.93 bits per heavy atom. The zero-order valence-corrected chi connectivity index (χ0v) is 8.73. The smallest absolute Gasteiger partial charge is 0.347 e. The Kier molecular flexibility index (Phi) is 3.19. The number of phenolic OH excluding ortho intramolecular Hbond substituents is 1. The lowest BCUT2D eigenvalue weighted by molar-refractivity contribution is -0.154. The van der Waals surface area contributed by atoms with Gasteiger partial charge in [0.1, 0.15) is 11.5 Å². The second kappa shape index (κ2) is 4.21. The van der Waals surface area contributed by atoms with Gasteiger partial charge in [0.25, 0.3) is 0 Å². The Hall–Kier alpha value is -1.71. The summed E-state index contributed by atoms with van der Waals surface area (Å²) in [5, 5.41) is 18.0. The molecule has 1 rings (SSSR count). The van der Waals surface area contributed by atoms with Crippen molar-refractivity contribution < 1.29 is 19.7 Å². The molecule has 0 unspecified atom stereocenters. The van der Waals surface area contributed by atoms with Crippen molar-refractivity contribution in [3.8, 4) is 11.5 Å². The monoisotopic (exact) mass is 210 g/mol. The number of aliphatic carboxylic acids is 1. The molecule has 2 N–H and O–H groups in total. The first-order valence-corrected chi connectivity index (χ1v) is 4.69. The first kappa shape index (κ1) is 11.4. The van der Waals surface area contributed by atoms with Crippen LogP contribution < -0.4 is 4.74 Å². The molecular formula is C11H14O4. The topological polar surface area (TPSA) is 66.8 Å². The van der Waals surface area contributed by atoms with E-state index < -0.39 is 11.6 Å². The highest BCUT2D eigenvalue weighted by Gasteiger charge is 2.33. The van der Waals surface area contributed by atoms with Gasteiger partial charge in [-0.2, -0.15) is 0 Å². The number of phenols is 1. The summed E-state index contributed by atoms with van der Waals surface area (Å²) in [5.74, 6) is -0.450. The minimum absolute atomic E-state index is 0.121. The van der Waals surface area contributed by atoms with Crippen LogP contribution in [0.4, 0.5) is 0 Å². The first-order valence-electron chi connectivity index (χ1n) is 4.69. The Morgan fingerprint density at radius 1 is 1.40 bits per heavy atom. The van der Waals surface area contributed by atoms with Gasteiger partial charge in [-0.05, 0) is 37.6 Å². The van der Waals surface area contributed by atoms with E-state index in [-0.39, 0.29) is 5.75 Å². The van der Waals surface area contributed by atoms with Crippen LogP contribution in [0, 0.1) is 0 Å². The summed E-state index contributed by atoms with van der Waals surface area (Å²) in [6, 6.07) is 5.97. The van der Waals surface area contributed by atoms with Crippen LogP contribution in [0.15, 0.2) is 24.3 Å². The number of hydrogen-bond donors (Lipinski definition) is 2. The van der Waals surface area contributed by atoms with Gasteiger partial charge in [-0.25, -0.2) is 4.79 Å². The molecule has 15 heavy (non-hydrogen) atoms. The first-order chi connectivity index (χ1) is 6.98. The third kappa shape index (κ3) is 2.62. The second-order valence-corrected chi connectivity index (χ2v) is 3.49. The molecule has 0 fully saturated rings. The summed E-state index contributed by atoms with van der Waals surface area (Å²) in [7, 11) is 0. The molecule has 0 heterocycles. The molecular weight excluding hydrogens is 196 g/mol. The number of carboxylic acids is 1. The van der Waals surface area contributed by atoms with Gasteiger partial charge in [-0.15, -0.1) is 0 Å². The third-order valence-corrected chi connectivity index (χ3v) is 2.31. The summed E-state index contributed by atoms with van der Waals surface area (Å²) in [6.45, 7) is 3.26. The predicted molar refractivity (Wildman–Crippen MR) is 55.1 cm³/mol. The average molecular weight is 210 g/mol. The van der Waals surface area contributed by atoms with Crippen molar-refractivity contribution in [3.05, 3.63) is 24.3 Å². The maximum absolute atomic E-state index is 10.9. The molecule has 0 saturated heterocycles. The highest BCUT2D eigenvalue weighted by molar-refractivity contribution is 5.77. The molecule has 1 atom stereocenters. The van der Waals surface area contributed by atoms with Gasteiger partial charge < -0.3 is 14.9 Å². The fourth-order valence-electron chi connectivity index (χ4n) is 1.04. The van der Waals surface area contributed by atoms with Crippen LogP contribution >= 0.6 is 0 Å². The molecule has 0 aliphatic heterocycles. The number of rotatable bonds is 4. The minimum Gasteiger partial charge on any atom is -0.508 e. The maximum atomic E-state index is 10.9. The van der Waals surface area contributed by atoms with Crippen molar-refractivity contribution in [2.45, 2.75) is 25.9 Å². The van der Waals surface area contributed by atoms with Crippen LogP contribution in [-0.2, 0) is 4.79 Å². The van der Waals surface area contributed by atoms with E-state index in [0.29, 0.717) is 12.2 Å². The maximum Gasteiger partial charge on any atom is 0.347 e. The van der Waals surface area contributed by atoms with Crippen molar-refractivity contribution in [1.82, 2.24) is 0 Å². The van der Waals surface area contributed by atoms with Gasteiger partial charge in [-0.1, -0.05) is 6.92 Å². The quantitative estimate of drug-likeness (QED) is 0.797. The number of carboxylic acid groups (broad SMARTS) is 1. The van der Waals surface area contributed by atoms with E-state index in [1.165, 1.54) is 31.2 Å². The summed E-state index contributed by atoms with van der Waals surface area (Å²) in [6.07, 6.45) is 0.364. The molecule has 0 amide bonds. The van der Waals surface area contributed by atoms with E-state index in [9.17, 15) is 4.79 Å². The molecule has 4 heteroatoms. The molecule has 0 bridgehead atoms. The number of benzene rings is 1. The lowest BCUT2D eigenvalue weighted by atomic mass is 10.0.